The monoisotopic (exact) mass is 278 g/mol. The molecule has 2 rings (SSSR count). The molecule has 0 saturated carbocycles. The van der Waals surface area contributed by atoms with Gasteiger partial charge in [-0.15, -0.1) is 0 Å². The minimum absolute atomic E-state index is 0.0232. The number of hydrogen-bond acceptors (Lipinski definition) is 4. The van der Waals surface area contributed by atoms with Crippen LogP contribution in [0, 0.1) is 16.0 Å². The van der Waals surface area contributed by atoms with Crippen LogP contribution in [-0.2, 0) is 4.79 Å². The summed E-state index contributed by atoms with van der Waals surface area (Å²) in [5, 5.41) is 20.1. The summed E-state index contributed by atoms with van der Waals surface area (Å²) in [6.45, 7) is 3.60. The van der Waals surface area contributed by atoms with Crippen LogP contribution in [-0.4, -0.2) is 34.0 Å². The SMILES string of the molecule is CC1CCCN(C(C(=O)O)c2ccc([N+](=O)[O-])cc2)C1. The number of hydrogen-bond donors (Lipinski definition) is 1. The van der Waals surface area contributed by atoms with Crippen molar-refractivity contribution in [1.29, 1.82) is 0 Å². The van der Waals surface area contributed by atoms with Crippen molar-refractivity contribution in [2.75, 3.05) is 13.1 Å². The number of aliphatic carboxylic acids is 1. The first-order valence-corrected chi connectivity index (χ1v) is 6.70. The van der Waals surface area contributed by atoms with Crippen molar-refractivity contribution >= 4 is 11.7 Å². The van der Waals surface area contributed by atoms with Gasteiger partial charge in [0.15, 0.2) is 0 Å². The van der Waals surface area contributed by atoms with Crippen LogP contribution in [0.25, 0.3) is 0 Å². The zero-order valence-corrected chi connectivity index (χ0v) is 11.4. The number of nitrogens with zero attached hydrogens (tertiary/aromatic N) is 2. The molecule has 1 aliphatic rings. The van der Waals surface area contributed by atoms with Crippen LogP contribution in [0.1, 0.15) is 31.4 Å². The first-order chi connectivity index (χ1) is 9.49. The summed E-state index contributed by atoms with van der Waals surface area (Å²) in [7, 11) is 0. The smallest absolute Gasteiger partial charge is 0.325 e. The Balaban J connectivity index is 2.24. The molecule has 1 saturated heterocycles. The van der Waals surface area contributed by atoms with Crippen molar-refractivity contribution in [1.82, 2.24) is 4.90 Å². The van der Waals surface area contributed by atoms with E-state index in [0.717, 1.165) is 25.9 Å². The summed E-state index contributed by atoms with van der Waals surface area (Å²) >= 11 is 0. The lowest BCUT2D eigenvalue weighted by Gasteiger charge is -2.35. The Labute approximate surface area is 117 Å². The van der Waals surface area contributed by atoms with Crippen molar-refractivity contribution in [2.24, 2.45) is 5.92 Å². The molecule has 2 unspecified atom stereocenters. The van der Waals surface area contributed by atoms with E-state index < -0.39 is 16.9 Å². The van der Waals surface area contributed by atoms with Crippen LogP contribution in [0.3, 0.4) is 0 Å². The van der Waals surface area contributed by atoms with E-state index in [4.69, 9.17) is 0 Å². The summed E-state index contributed by atoms with van der Waals surface area (Å²) in [5.41, 5.74) is 0.571. The summed E-state index contributed by atoms with van der Waals surface area (Å²) < 4.78 is 0. The fourth-order valence-electron chi connectivity index (χ4n) is 2.75. The number of benzene rings is 1. The third-order valence-electron chi connectivity index (χ3n) is 3.71. The van der Waals surface area contributed by atoms with Gasteiger partial charge in [0, 0.05) is 18.7 Å². The van der Waals surface area contributed by atoms with Gasteiger partial charge in [-0.1, -0.05) is 19.1 Å². The molecule has 20 heavy (non-hydrogen) atoms. The average Bonchev–Trinajstić information content (AvgIpc) is 2.39. The summed E-state index contributed by atoms with van der Waals surface area (Å²) in [5.74, 6) is -0.434. The summed E-state index contributed by atoms with van der Waals surface area (Å²) in [4.78, 5) is 23.6. The molecule has 1 fully saturated rings. The molecule has 1 aromatic rings. The third-order valence-corrected chi connectivity index (χ3v) is 3.71. The van der Waals surface area contributed by atoms with Gasteiger partial charge in [0.2, 0.25) is 0 Å². The summed E-state index contributed by atoms with van der Waals surface area (Å²) in [6.07, 6.45) is 2.10. The fourth-order valence-corrected chi connectivity index (χ4v) is 2.75. The highest BCUT2D eigenvalue weighted by atomic mass is 16.6. The maximum Gasteiger partial charge on any atom is 0.325 e. The lowest BCUT2D eigenvalue weighted by atomic mass is 9.96. The first kappa shape index (κ1) is 14.5. The maximum absolute atomic E-state index is 11.5. The molecule has 0 radical (unpaired) electrons. The van der Waals surface area contributed by atoms with Crippen molar-refractivity contribution < 1.29 is 14.8 Å². The molecule has 6 heteroatoms. The van der Waals surface area contributed by atoms with Gasteiger partial charge in [0.25, 0.3) is 5.69 Å². The van der Waals surface area contributed by atoms with Gasteiger partial charge < -0.3 is 5.11 Å². The Bertz CT molecular complexity index is 500. The minimum atomic E-state index is -0.909. The van der Waals surface area contributed by atoms with Gasteiger partial charge in [0.05, 0.1) is 4.92 Å². The molecule has 1 heterocycles. The molecule has 0 spiro atoms. The van der Waals surface area contributed by atoms with E-state index in [9.17, 15) is 20.0 Å². The number of piperidine rings is 1. The van der Waals surface area contributed by atoms with Gasteiger partial charge in [0.1, 0.15) is 6.04 Å². The van der Waals surface area contributed by atoms with E-state index in [2.05, 4.69) is 6.92 Å². The van der Waals surface area contributed by atoms with Crippen molar-refractivity contribution in [2.45, 2.75) is 25.8 Å². The number of carboxylic acid groups (broad SMARTS) is 1. The molecule has 108 valence electrons. The van der Waals surface area contributed by atoms with Crippen molar-refractivity contribution in [3.8, 4) is 0 Å². The van der Waals surface area contributed by atoms with Gasteiger partial charge in [-0.3, -0.25) is 19.8 Å². The number of nitro groups is 1. The predicted octanol–water partition coefficient (Wildman–Crippen LogP) is 2.45. The first-order valence-electron chi connectivity index (χ1n) is 6.70. The van der Waals surface area contributed by atoms with Crippen LogP contribution in [0.15, 0.2) is 24.3 Å². The Morgan fingerprint density at radius 3 is 2.60 bits per heavy atom. The van der Waals surface area contributed by atoms with Gasteiger partial charge in [-0.25, -0.2) is 0 Å². The van der Waals surface area contributed by atoms with Crippen molar-refractivity contribution in [3.63, 3.8) is 0 Å². The highest BCUT2D eigenvalue weighted by Crippen LogP contribution is 2.28. The highest BCUT2D eigenvalue weighted by molar-refractivity contribution is 5.75. The zero-order chi connectivity index (χ0) is 14.7. The van der Waals surface area contributed by atoms with Crippen LogP contribution < -0.4 is 0 Å². The largest absolute Gasteiger partial charge is 0.480 e. The normalized spacial score (nSPS) is 21.4. The second kappa shape index (κ2) is 6.00. The molecular weight excluding hydrogens is 260 g/mol. The predicted molar refractivity (Wildman–Crippen MR) is 73.4 cm³/mol. The van der Waals surface area contributed by atoms with E-state index in [0.29, 0.717) is 11.5 Å². The zero-order valence-electron chi connectivity index (χ0n) is 11.4. The minimum Gasteiger partial charge on any atom is -0.480 e. The van der Waals surface area contributed by atoms with Crippen LogP contribution in [0.4, 0.5) is 5.69 Å². The Morgan fingerprint density at radius 1 is 1.45 bits per heavy atom. The molecule has 0 bridgehead atoms. The number of likely N-dealkylation sites (tertiary alicyclic amines) is 1. The topological polar surface area (TPSA) is 83.7 Å². The standard InChI is InChI=1S/C14H18N2O4/c1-10-3-2-8-15(9-10)13(14(17)18)11-4-6-12(7-5-11)16(19)20/h4-7,10,13H,2-3,8-9H2,1H3,(H,17,18). The number of rotatable bonds is 4. The van der Waals surface area contributed by atoms with Crippen LogP contribution >= 0.6 is 0 Å². The van der Waals surface area contributed by atoms with Crippen LogP contribution in [0.2, 0.25) is 0 Å². The van der Waals surface area contributed by atoms with Gasteiger partial charge in [-0.2, -0.15) is 0 Å². The lowest BCUT2D eigenvalue weighted by Crippen LogP contribution is -2.40. The number of carboxylic acids is 1. The van der Waals surface area contributed by atoms with E-state index in [1.165, 1.54) is 24.3 Å². The van der Waals surface area contributed by atoms with Gasteiger partial charge in [-0.05, 0) is 30.9 Å². The molecular formula is C14H18N2O4. The molecule has 2 atom stereocenters. The lowest BCUT2D eigenvalue weighted by molar-refractivity contribution is -0.384. The maximum atomic E-state index is 11.5. The second-order valence-electron chi connectivity index (χ2n) is 5.33. The Kier molecular flexibility index (Phi) is 4.34. The molecule has 0 aliphatic carbocycles. The Morgan fingerprint density at radius 2 is 2.10 bits per heavy atom. The number of non-ortho nitro benzene ring substituents is 1. The van der Waals surface area contributed by atoms with E-state index in [1.807, 2.05) is 4.90 Å². The van der Waals surface area contributed by atoms with E-state index >= 15 is 0 Å². The third kappa shape index (κ3) is 3.14. The van der Waals surface area contributed by atoms with E-state index in [1.54, 1.807) is 0 Å². The molecule has 1 aliphatic heterocycles. The number of nitro benzene ring substituents is 1. The number of carbonyl (C=O) groups is 1. The molecule has 0 amide bonds. The van der Waals surface area contributed by atoms with E-state index in [-0.39, 0.29) is 5.69 Å². The molecule has 6 nitrogen and oxygen atoms in total. The van der Waals surface area contributed by atoms with Crippen LogP contribution in [0.5, 0.6) is 0 Å². The fraction of sp³-hybridized carbons (Fsp3) is 0.500. The molecule has 0 aromatic heterocycles. The van der Waals surface area contributed by atoms with Gasteiger partial charge >= 0.3 is 5.97 Å². The highest BCUT2D eigenvalue weighted by Gasteiger charge is 2.30. The van der Waals surface area contributed by atoms with Crippen molar-refractivity contribution in [3.05, 3.63) is 39.9 Å². The molecule has 1 N–H and O–H groups in total. The Hall–Kier alpha value is -1.95. The quantitative estimate of drug-likeness (QED) is 0.675. The summed E-state index contributed by atoms with van der Waals surface area (Å²) in [6, 6.07) is 5.07. The second-order valence-corrected chi connectivity index (χ2v) is 5.33. The average molecular weight is 278 g/mol. The molecule has 1 aromatic carbocycles.